The van der Waals surface area contributed by atoms with Crippen molar-refractivity contribution in [3.8, 4) is 0 Å². The summed E-state index contributed by atoms with van der Waals surface area (Å²) >= 11 is 3.26. The number of rotatable bonds is 1. The molecule has 0 aliphatic carbocycles. The van der Waals surface area contributed by atoms with Crippen LogP contribution in [0.5, 0.6) is 0 Å². The average Bonchev–Trinajstić information content (AvgIpc) is 2.01. The third-order valence-corrected chi connectivity index (χ3v) is 3.22. The molecule has 0 radical (unpaired) electrons. The van der Waals surface area contributed by atoms with Gasteiger partial charge in [0.1, 0.15) is 5.82 Å². The zero-order valence-corrected chi connectivity index (χ0v) is 10.7. The molecule has 0 N–H and O–H groups in total. The van der Waals surface area contributed by atoms with Crippen LogP contribution in [0.25, 0.3) is 0 Å². The molecule has 0 nitrogen and oxygen atoms in total. The van der Waals surface area contributed by atoms with E-state index < -0.39 is 0 Å². The summed E-state index contributed by atoms with van der Waals surface area (Å²) in [6, 6.07) is 5.27. The van der Waals surface area contributed by atoms with Crippen LogP contribution in [0.1, 0.15) is 39.2 Å². The predicted molar refractivity (Wildman–Crippen MR) is 62.0 cm³/mol. The molecule has 78 valence electrons. The van der Waals surface area contributed by atoms with Crippen LogP contribution in [0.15, 0.2) is 22.7 Å². The number of benzene rings is 1. The Bertz CT molecular complexity index is 326. The minimum Gasteiger partial charge on any atom is -0.207 e. The standard InChI is InChI=1S/C12H16BrF/c1-8(12(2,3)4)10-6-5-9(13)7-11(10)14/h5-8H,1-4H3/t8-/m1/s1. The van der Waals surface area contributed by atoms with E-state index >= 15 is 0 Å². The highest BCUT2D eigenvalue weighted by Gasteiger charge is 2.23. The Labute approximate surface area is 93.7 Å². The van der Waals surface area contributed by atoms with Crippen molar-refractivity contribution in [2.75, 3.05) is 0 Å². The second-order valence-corrected chi connectivity index (χ2v) is 5.67. The second-order valence-electron chi connectivity index (χ2n) is 4.75. The fourth-order valence-electron chi connectivity index (χ4n) is 1.32. The molecule has 0 unspecified atom stereocenters. The van der Waals surface area contributed by atoms with Gasteiger partial charge in [-0.3, -0.25) is 0 Å². The van der Waals surface area contributed by atoms with E-state index in [0.717, 1.165) is 10.0 Å². The molecule has 0 amide bonds. The third-order valence-electron chi connectivity index (χ3n) is 2.73. The molecule has 14 heavy (non-hydrogen) atoms. The van der Waals surface area contributed by atoms with Gasteiger partial charge in [-0.05, 0) is 29.0 Å². The molecule has 0 aromatic heterocycles. The normalized spacial score (nSPS) is 14.1. The lowest BCUT2D eigenvalue weighted by Gasteiger charge is -2.27. The van der Waals surface area contributed by atoms with E-state index in [1.807, 2.05) is 12.1 Å². The number of hydrogen-bond donors (Lipinski definition) is 0. The summed E-state index contributed by atoms with van der Waals surface area (Å²) in [4.78, 5) is 0. The molecule has 0 saturated heterocycles. The Morgan fingerprint density at radius 3 is 2.29 bits per heavy atom. The first-order valence-corrected chi connectivity index (χ1v) is 5.56. The van der Waals surface area contributed by atoms with Crippen LogP contribution in [0, 0.1) is 11.2 Å². The summed E-state index contributed by atoms with van der Waals surface area (Å²) in [5, 5.41) is 0. The predicted octanol–water partition coefficient (Wildman–Crippen LogP) is 4.74. The summed E-state index contributed by atoms with van der Waals surface area (Å²) in [5.41, 5.74) is 0.884. The van der Waals surface area contributed by atoms with Crippen molar-refractivity contribution in [1.82, 2.24) is 0 Å². The summed E-state index contributed by atoms with van der Waals surface area (Å²) in [5.74, 6) is 0.0948. The Morgan fingerprint density at radius 1 is 1.29 bits per heavy atom. The first kappa shape index (κ1) is 11.7. The molecule has 0 spiro atoms. The lowest BCUT2D eigenvalue weighted by molar-refractivity contribution is 0.331. The highest BCUT2D eigenvalue weighted by atomic mass is 79.9. The summed E-state index contributed by atoms with van der Waals surface area (Å²) in [6.07, 6.45) is 0. The average molecular weight is 259 g/mol. The van der Waals surface area contributed by atoms with Gasteiger partial charge in [-0.15, -0.1) is 0 Å². The second kappa shape index (κ2) is 4.01. The molecule has 0 bridgehead atoms. The zero-order chi connectivity index (χ0) is 10.9. The van der Waals surface area contributed by atoms with Gasteiger partial charge in [0.2, 0.25) is 0 Å². The van der Waals surface area contributed by atoms with Crippen LogP contribution in [0.4, 0.5) is 4.39 Å². The summed E-state index contributed by atoms with van der Waals surface area (Å²) < 4.78 is 14.4. The van der Waals surface area contributed by atoms with Crippen LogP contribution < -0.4 is 0 Å². The van der Waals surface area contributed by atoms with E-state index in [-0.39, 0.29) is 17.2 Å². The zero-order valence-electron chi connectivity index (χ0n) is 9.07. The van der Waals surface area contributed by atoms with Crippen molar-refractivity contribution in [3.63, 3.8) is 0 Å². The Balaban J connectivity index is 3.08. The smallest absolute Gasteiger partial charge is 0.127 e. The fraction of sp³-hybridized carbons (Fsp3) is 0.500. The van der Waals surface area contributed by atoms with Gasteiger partial charge >= 0.3 is 0 Å². The van der Waals surface area contributed by atoms with Crippen molar-refractivity contribution >= 4 is 15.9 Å². The van der Waals surface area contributed by atoms with Gasteiger partial charge in [0.15, 0.2) is 0 Å². The van der Waals surface area contributed by atoms with E-state index in [4.69, 9.17) is 0 Å². The molecule has 0 aliphatic rings. The largest absolute Gasteiger partial charge is 0.207 e. The van der Waals surface area contributed by atoms with Crippen LogP contribution in [0.2, 0.25) is 0 Å². The van der Waals surface area contributed by atoms with Crippen molar-refractivity contribution in [2.24, 2.45) is 5.41 Å². The minimum absolute atomic E-state index is 0.0919. The first-order chi connectivity index (χ1) is 6.32. The molecule has 0 fully saturated rings. The SMILES string of the molecule is C[C@H](c1ccc(Br)cc1F)C(C)(C)C. The van der Waals surface area contributed by atoms with E-state index in [0.29, 0.717) is 0 Å². The molecule has 0 aliphatic heterocycles. The summed E-state index contributed by atoms with van der Waals surface area (Å²) in [6.45, 7) is 8.43. The van der Waals surface area contributed by atoms with Gasteiger partial charge in [0.25, 0.3) is 0 Å². The highest BCUT2D eigenvalue weighted by Crippen LogP contribution is 2.36. The molecule has 1 rings (SSSR count). The number of hydrogen-bond acceptors (Lipinski definition) is 0. The number of halogens is 2. The van der Waals surface area contributed by atoms with Gasteiger partial charge in [-0.25, -0.2) is 4.39 Å². The molecular weight excluding hydrogens is 243 g/mol. The van der Waals surface area contributed by atoms with Crippen LogP contribution in [-0.4, -0.2) is 0 Å². The fourth-order valence-corrected chi connectivity index (χ4v) is 1.65. The van der Waals surface area contributed by atoms with Crippen molar-refractivity contribution in [3.05, 3.63) is 34.1 Å². The van der Waals surface area contributed by atoms with E-state index in [2.05, 4.69) is 43.6 Å². The topological polar surface area (TPSA) is 0 Å². The van der Waals surface area contributed by atoms with Crippen LogP contribution in [-0.2, 0) is 0 Å². The van der Waals surface area contributed by atoms with Crippen LogP contribution >= 0.6 is 15.9 Å². The molecule has 0 heterocycles. The highest BCUT2D eigenvalue weighted by molar-refractivity contribution is 9.10. The Morgan fingerprint density at radius 2 is 1.86 bits per heavy atom. The maximum Gasteiger partial charge on any atom is 0.127 e. The molecule has 1 aromatic rings. The van der Waals surface area contributed by atoms with Gasteiger partial charge in [0, 0.05) is 4.47 Å². The lowest BCUT2D eigenvalue weighted by Crippen LogP contribution is -2.16. The molecule has 0 saturated carbocycles. The van der Waals surface area contributed by atoms with Crippen molar-refractivity contribution < 1.29 is 4.39 Å². The van der Waals surface area contributed by atoms with E-state index in [9.17, 15) is 4.39 Å². The minimum atomic E-state index is -0.123. The van der Waals surface area contributed by atoms with E-state index in [1.165, 1.54) is 6.07 Å². The Kier molecular flexibility index (Phi) is 3.36. The van der Waals surface area contributed by atoms with E-state index in [1.54, 1.807) is 0 Å². The quantitative estimate of drug-likeness (QED) is 0.683. The van der Waals surface area contributed by atoms with Gasteiger partial charge < -0.3 is 0 Å². The van der Waals surface area contributed by atoms with Crippen molar-refractivity contribution in [2.45, 2.75) is 33.6 Å². The lowest BCUT2D eigenvalue weighted by atomic mass is 9.78. The maximum atomic E-state index is 13.6. The monoisotopic (exact) mass is 258 g/mol. The van der Waals surface area contributed by atoms with Gasteiger partial charge in [-0.2, -0.15) is 0 Å². The first-order valence-electron chi connectivity index (χ1n) is 4.77. The van der Waals surface area contributed by atoms with Gasteiger partial charge in [0.05, 0.1) is 0 Å². The summed E-state index contributed by atoms with van der Waals surface area (Å²) in [7, 11) is 0. The molecular formula is C12H16BrF. The van der Waals surface area contributed by atoms with Crippen molar-refractivity contribution in [1.29, 1.82) is 0 Å². The maximum absolute atomic E-state index is 13.6. The molecule has 1 atom stereocenters. The van der Waals surface area contributed by atoms with Gasteiger partial charge in [-0.1, -0.05) is 49.7 Å². The molecule has 2 heteroatoms. The van der Waals surface area contributed by atoms with Crippen LogP contribution in [0.3, 0.4) is 0 Å². The molecule has 1 aromatic carbocycles. The third kappa shape index (κ3) is 2.57. The Hall–Kier alpha value is -0.370.